The molecule has 0 unspecified atom stereocenters. The van der Waals surface area contributed by atoms with Crippen LogP contribution in [0, 0.1) is 13.8 Å². The van der Waals surface area contributed by atoms with Crippen LogP contribution in [0.3, 0.4) is 0 Å². The van der Waals surface area contributed by atoms with Crippen LogP contribution in [0.5, 0.6) is 0 Å². The predicted octanol–water partition coefficient (Wildman–Crippen LogP) is 3.39. The summed E-state index contributed by atoms with van der Waals surface area (Å²) in [6.07, 6.45) is 0. The minimum atomic E-state index is 0.124. The van der Waals surface area contributed by atoms with Gasteiger partial charge in [0.1, 0.15) is 5.76 Å². The number of aromatic nitrogens is 1. The Balaban J connectivity index is 1.50. The van der Waals surface area contributed by atoms with Crippen LogP contribution in [0.4, 0.5) is 5.69 Å². The molecule has 0 aliphatic carbocycles. The molecule has 0 bridgehead atoms. The Bertz CT molecular complexity index is 707. The Kier molecular flexibility index (Phi) is 5.36. The van der Waals surface area contributed by atoms with Gasteiger partial charge in [0.05, 0.1) is 11.4 Å². The molecule has 128 valence electrons. The number of amides is 1. The fourth-order valence-electron chi connectivity index (χ4n) is 2.61. The van der Waals surface area contributed by atoms with Crippen molar-refractivity contribution in [3.63, 3.8) is 0 Å². The monoisotopic (exact) mass is 365 g/mol. The van der Waals surface area contributed by atoms with Crippen LogP contribution < -0.4 is 4.90 Å². The number of nitrogens with zero attached hydrogens (tertiary/aromatic N) is 3. The topological polar surface area (TPSA) is 49.6 Å². The van der Waals surface area contributed by atoms with Crippen molar-refractivity contribution in [1.29, 1.82) is 0 Å². The van der Waals surface area contributed by atoms with E-state index in [2.05, 4.69) is 9.88 Å². The van der Waals surface area contributed by atoms with Gasteiger partial charge in [-0.1, -0.05) is 29.4 Å². The lowest BCUT2D eigenvalue weighted by molar-refractivity contribution is -0.128. The molecule has 5 nitrogen and oxygen atoms in total. The van der Waals surface area contributed by atoms with E-state index < -0.39 is 0 Å². The van der Waals surface area contributed by atoms with Gasteiger partial charge in [-0.2, -0.15) is 0 Å². The Hall–Kier alpha value is -1.66. The quantitative estimate of drug-likeness (QED) is 0.777. The number of anilines is 1. The Morgan fingerprint density at radius 3 is 2.67 bits per heavy atom. The number of thioether (sulfide) groups is 1. The second-order valence-corrected chi connectivity index (χ2v) is 7.12. The van der Waals surface area contributed by atoms with Crippen LogP contribution >= 0.6 is 23.4 Å². The van der Waals surface area contributed by atoms with E-state index in [1.54, 1.807) is 0 Å². The van der Waals surface area contributed by atoms with Crippen molar-refractivity contribution in [2.24, 2.45) is 0 Å². The second kappa shape index (κ2) is 7.49. The first-order valence-electron chi connectivity index (χ1n) is 7.88. The van der Waals surface area contributed by atoms with Crippen LogP contribution in [0.15, 0.2) is 33.9 Å². The largest absolute Gasteiger partial charge is 0.437 e. The maximum absolute atomic E-state index is 12.4. The van der Waals surface area contributed by atoms with E-state index in [0.29, 0.717) is 11.0 Å². The molecule has 0 radical (unpaired) electrons. The van der Waals surface area contributed by atoms with Gasteiger partial charge in [0.25, 0.3) is 5.22 Å². The first-order chi connectivity index (χ1) is 11.5. The van der Waals surface area contributed by atoms with Gasteiger partial charge in [-0.05, 0) is 32.0 Å². The summed E-state index contributed by atoms with van der Waals surface area (Å²) in [5, 5.41) is 1.30. The van der Waals surface area contributed by atoms with Gasteiger partial charge in [0.15, 0.2) is 0 Å². The van der Waals surface area contributed by atoms with E-state index in [9.17, 15) is 4.79 Å². The van der Waals surface area contributed by atoms with Crippen molar-refractivity contribution in [2.45, 2.75) is 19.1 Å². The lowest BCUT2D eigenvalue weighted by Gasteiger charge is -2.36. The van der Waals surface area contributed by atoms with Crippen LogP contribution in [0.2, 0.25) is 5.02 Å². The minimum Gasteiger partial charge on any atom is -0.437 e. The number of carbonyl (C=O) groups is 1. The first-order valence-corrected chi connectivity index (χ1v) is 9.24. The Labute approximate surface area is 151 Å². The molecular weight excluding hydrogens is 346 g/mol. The highest BCUT2D eigenvalue weighted by Crippen LogP contribution is 2.23. The van der Waals surface area contributed by atoms with E-state index >= 15 is 0 Å². The molecule has 1 aromatic carbocycles. The molecule has 1 amide bonds. The molecule has 2 heterocycles. The fourth-order valence-corrected chi connectivity index (χ4v) is 3.61. The number of benzene rings is 1. The molecule has 0 saturated carbocycles. The SMILES string of the molecule is Cc1nc(SCC(=O)N2CCN(c3cccc(Cl)c3)CC2)oc1C. The molecule has 1 aliphatic heterocycles. The molecule has 1 aliphatic rings. The van der Waals surface area contributed by atoms with E-state index in [1.807, 2.05) is 43.0 Å². The third kappa shape index (κ3) is 4.05. The van der Waals surface area contributed by atoms with Gasteiger partial charge in [-0.15, -0.1) is 0 Å². The second-order valence-electron chi connectivity index (χ2n) is 5.76. The fraction of sp³-hybridized carbons (Fsp3) is 0.412. The van der Waals surface area contributed by atoms with Crippen molar-refractivity contribution in [1.82, 2.24) is 9.88 Å². The number of aryl methyl sites for hydroxylation is 2. The minimum absolute atomic E-state index is 0.124. The third-order valence-electron chi connectivity index (χ3n) is 4.13. The summed E-state index contributed by atoms with van der Waals surface area (Å²) in [7, 11) is 0. The molecular formula is C17H20ClN3O2S. The highest BCUT2D eigenvalue weighted by Gasteiger charge is 2.22. The number of oxazole rings is 1. The Morgan fingerprint density at radius 1 is 1.29 bits per heavy atom. The number of rotatable bonds is 4. The summed E-state index contributed by atoms with van der Waals surface area (Å²) in [4.78, 5) is 20.8. The summed E-state index contributed by atoms with van der Waals surface area (Å²) < 4.78 is 5.50. The van der Waals surface area contributed by atoms with Crippen molar-refractivity contribution in [3.05, 3.63) is 40.7 Å². The molecule has 2 aromatic rings. The van der Waals surface area contributed by atoms with Gasteiger partial charge in [-0.25, -0.2) is 4.98 Å². The molecule has 0 N–H and O–H groups in total. The van der Waals surface area contributed by atoms with Crippen molar-refractivity contribution >= 4 is 35.0 Å². The highest BCUT2D eigenvalue weighted by molar-refractivity contribution is 7.99. The number of carbonyl (C=O) groups excluding carboxylic acids is 1. The lowest BCUT2D eigenvalue weighted by Crippen LogP contribution is -2.49. The smallest absolute Gasteiger partial charge is 0.256 e. The first kappa shape index (κ1) is 17.2. The standard InChI is InChI=1S/C17H20ClN3O2S/c1-12-13(2)23-17(19-12)24-11-16(22)21-8-6-20(7-9-21)15-5-3-4-14(18)10-15/h3-5,10H,6-9,11H2,1-2H3. The summed E-state index contributed by atoms with van der Waals surface area (Å²) in [6, 6.07) is 7.83. The molecule has 7 heteroatoms. The molecule has 0 atom stereocenters. The van der Waals surface area contributed by atoms with Crippen LogP contribution in [-0.2, 0) is 4.79 Å². The van der Waals surface area contributed by atoms with Crippen LogP contribution in [0.25, 0.3) is 0 Å². The summed E-state index contributed by atoms with van der Waals surface area (Å²) >= 11 is 7.40. The summed E-state index contributed by atoms with van der Waals surface area (Å²) in [5.74, 6) is 1.29. The van der Waals surface area contributed by atoms with Gasteiger partial charge in [0.2, 0.25) is 5.91 Å². The average molecular weight is 366 g/mol. The van der Waals surface area contributed by atoms with Crippen LogP contribution in [-0.4, -0.2) is 47.7 Å². The molecule has 1 fully saturated rings. The normalized spacial score (nSPS) is 15.0. The maximum Gasteiger partial charge on any atom is 0.256 e. The zero-order chi connectivity index (χ0) is 17.1. The number of hydrogen-bond donors (Lipinski definition) is 0. The molecule has 24 heavy (non-hydrogen) atoms. The van der Waals surface area contributed by atoms with E-state index in [1.165, 1.54) is 11.8 Å². The van der Waals surface area contributed by atoms with E-state index in [4.69, 9.17) is 16.0 Å². The number of piperazine rings is 1. The van der Waals surface area contributed by atoms with Crippen molar-refractivity contribution in [2.75, 3.05) is 36.8 Å². The van der Waals surface area contributed by atoms with Crippen molar-refractivity contribution in [3.8, 4) is 0 Å². The molecule has 1 aromatic heterocycles. The van der Waals surface area contributed by atoms with Crippen LogP contribution in [0.1, 0.15) is 11.5 Å². The van der Waals surface area contributed by atoms with Gasteiger partial charge < -0.3 is 14.2 Å². The lowest BCUT2D eigenvalue weighted by atomic mass is 10.2. The molecule has 3 rings (SSSR count). The highest BCUT2D eigenvalue weighted by atomic mass is 35.5. The Morgan fingerprint density at radius 2 is 2.04 bits per heavy atom. The average Bonchev–Trinajstić information content (AvgIpc) is 2.91. The van der Waals surface area contributed by atoms with E-state index in [0.717, 1.165) is 48.3 Å². The van der Waals surface area contributed by atoms with Gasteiger partial charge in [-0.3, -0.25) is 4.79 Å². The van der Waals surface area contributed by atoms with E-state index in [-0.39, 0.29) is 5.91 Å². The zero-order valence-electron chi connectivity index (χ0n) is 13.8. The van der Waals surface area contributed by atoms with Crippen molar-refractivity contribution < 1.29 is 9.21 Å². The van der Waals surface area contributed by atoms with Gasteiger partial charge in [0, 0.05) is 36.9 Å². The number of halogens is 1. The predicted molar refractivity (Wildman–Crippen MR) is 96.9 cm³/mol. The summed E-state index contributed by atoms with van der Waals surface area (Å²) in [6.45, 7) is 6.84. The maximum atomic E-state index is 12.4. The molecule has 0 spiro atoms. The zero-order valence-corrected chi connectivity index (χ0v) is 15.4. The number of hydrogen-bond acceptors (Lipinski definition) is 5. The summed E-state index contributed by atoms with van der Waals surface area (Å²) in [5.41, 5.74) is 1.98. The third-order valence-corrected chi connectivity index (χ3v) is 5.18. The molecule has 1 saturated heterocycles. The van der Waals surface area contributed by atoms with Gasteiger partial charge >= 0.3 is 0 Å².